The molecule has 2 saturated heterocycles. The van der Waals surface area contributed by atoms with E-state index in [1.807, 2.05) is 0 Å². The summed E-state index contributed by atoms with van der Waals surface area (Å²) in [6.45, 7) is 10.7. The molecule has 156 valence electrons. The number of benzene rings is 1. The van der Waals surface area contributed by atoms with Gasteiger partial charge in [0, 0.05) is 42.8 Å². The van der Waals surface area contributed by atoms with E-state index in [1.54, 1.807) is 4.90 Å². The van der Waals surface area contributed by atoms with E-state index in [0.717, 1.165) is 18.5 Å². The van der Waals surface area contributed by atoms with Crippen molar-refractivity contribution >= 4 is 18.9 Å². The highest BCUT2D eigenvalue weighted by atomic mass is 16.7. The zero-order valence-corrected chi connectivity index (χ0v) is 17.6. The number of piperidine rings is 1. The Kier molecular flexibility index (Phi) is 4.22. The summed E-state index contributed by atoms with van der Waals surface area (Å²) in [6, 6.07) is 6.34. The largest absolute Gasteiger partial charge is 0.493 e. The van der Waals surface area contributed by atoms with Gasteiger partial charge in [-0.2, -0.15) is 0 Å². The SMILES string of the molecule is CC1(C)OB(C2OCCN3c4c2cccc4[C@@H]2CN(C(=O)O)CC[C@@H]23)OC1(C)C. The minimum atomic E-state index is -0.829. The lowest BCUT2D eigenvalue weighted by molar-refractivity contribution is 0.00578. The quantitative estimate of drug-likeness (QED) is 0.731. The van der Waals surface area contributed by atoms with Crippen molar-refractivity contribution in [2.24, 2.45) is 0 Å². The molecule has 29 heavy (non-hydrogen) atoms. The molecule has 1 N–H and O–H groups in total. The van der Waals surface area contributed by atoms with Gasteiger partial charge in [-0.3, -0.25) is 0 Å². The summed E-state index contributed by atoms with van der Waals surface area (Å²) in [4.78, 5) is 15.5. The van der Waals surface area contributed by atoms with Gasteiger partial charge in [0.05, 0.1) is 17.8 Å². The van der Waals surface area contributed by atoms with Crippen molar-refractivity contribution in [3.63, 3.8) is 0 Å². The van der Waals surface area contributed by atoms with E-state index >= 15 is 0 Å². The third kappa shape index (κ3) is 2.80. The summed E-state index contributed by atoms with van der Waals surface area (Å²) in [7, 11) is -0.468. The fraction of sp³-hybridized carbons (Fsp3) is 0.667. The first-order valence-electron chi connectivity index (χ1n) is 10.5. The molecule has 1 unspecified atom stereocenters. The van der Waals surface area contributed by atoms with Crippen molar-refractivity contribution in [1.29, 1.82) is 0 Å². The van der Waals surface area contributed by atoms with Crippen molar-refractivity contribution in [1.82, 2.24) is 4.90 Å². The summed E-state index contributed by atoms with van der Waals surface area (Å²) in [5.74, 6) is 0.201. The van der Waals surface area contributed by atoms with Crippen LogP contribution in [-0.4, -0.2) is 66.7 Å². The number of hydrogen-bond donors (Lipinski definition) is 1. The van der Waals surface area contributed by atoms with Gasteiger partial charge < -0.3 is 29.0 Å². The maximum absolute atomic E-state index is 11.5. The number of carbonyl (C=O) groups is 1. The van der Waals surface area contributed by atoms with Crippen molar-refractivity contribution in [2.45, 2.75) is 63.3 Å². The Morgan fingerprint density at radius 3 is 2.52 bits per heavy atom. The third-order valence-electron chi connectivity index (χ3n) is 7.49. The Balaban J connectivity index is 1.53. The first-order chi connectivity index (χ1) is 13.7. The molecule has 2 fully saturated rings. The van der Waals surface area contributed by atoms with Crippen molar-refractivity contribution < 1.29 is 23.9 Å². The average Bonchev–Trinajstić information content (AvgIpc) is 2.98. The van der Waals surface area contributed by atoms with Crippen LogP contribution in [0, 0.1) is 0 Å². The van der Waals surface area contributed by atoms with Crippen molar-refractivity contribution in [3.8, 4) is 0 Å². The van der Waals surface area contributed by atoms with Gasteiger partial charge in [-0.25, -0.2) is 4.79 Å². The maximum Gasteiger partial charge on any atom is 0.493 e. The number of hydrogen-bond acceptors (Lipinski definition) is 5. The summed E-state index contributed by atoms with van der Waals surface area (Å²) in [6.07, 6.45) is 0.0109. The Hall–Kier alpha value is -1.77. The number of anilines is 1. The molecule has 4 heterocycles. The second kappa shape index (κ2) is 6.36. The normalized spacial score (nSPS) is 32.0. The lowest BCUT2D eigenvalue weighted by Gasteiger charge is -2.37. The molecule has 0 saturated carbocycles. The molecule has 0 spiro atoms. The van der Waals surface area contributed by atoms with Gasteiger partial charge in [0.1, 0.15) is 6.00 Å². The van der Waals surface area contributed by atoms with Crippen LogP contribution in [0.15, 0.2) is 18.2 Å². The second-order valence-corrected chi connectivity index (χ2v) is 9.59. The fourth-order valence-electron chi connectivity index (χ4n) is 5.28. The standard InChI is InChI=1S/C21H29BN2O5/c1-20(2)21(3,4)29-22(28-20)18-14-7-5-6-13-15-12-23(19(25)26)9-8-16(15)24(17(13)14)10-11-27-18/h5-7,15-16,18H,8-12H2,1-4H3,(H,25,26)/t15-,16-,18?/m0/s1. The van der Waals surface area contributed by atoms with Gasteiger partial charge in [-0.15, -0.1) is 0 Å². The predicted octanol–water partition coefficient (Wildman–Crippen LogP) is 3.05. The zero-order valence-electron chi connectivity index (χ0n) is 17.6. The van der Waals surface area contributed by atoms with Crippen LogP contribution in [0.5, 0.6) is 0 Å². The number of carboxylic acid groups (broad SMARTS) is 1. The molecule has 8 heteroatoms. The molecule has 4 aliphatic rings. The van der Waals surface area contributed by atoms with Crippen LogP contribution in [-0.2, 0) is 14.0 Å². The number of likely N-dealkylation sites (tertiary alicyclic amines) is 1. The molecule has 0 aliphatic carbocycles. The molecule has 0 aromatic heterocycles. The van der Waals surface area contributed by atoms with Gasteiger partial charge in [0.2, 0.25) is 0 Å². The van der Waals surface area contributed by atoms with E-state index in [4.69, 9.17) is 14.0 Å². The summed E-state index contributed by atoms with van der Waals surface area (Å²) in [5.41, 5.74) is 2.69. The molecular formula is C21H29BN2O5. The van der Waals surface area contributed by atoms with E-state index in [2.05, 4.69) is 50.8 Å². The lowest BCUT2D eigenvalue weighted by Crippen LogP contribution is -2.48. The van der Waals surface area contributed by atoms with Crippen LogP contribution in [0.4, 0.5) is 10.5 Å². The van der Waals surface area contributed by atoms with Crippen molar-refractivity contribution in [2.75, 3.05) is 31.1 Å². The minimum absolute atomic E-state index is 0.201. The van der Waals surface area contributed by atoms with E-state index in [-0.39, 0.29) is 11.9 Å². The minimum Gasteiger partial charge on any atom is -0.465 e. The Morgan fingerprint density at radius 1 is 1.14 bits per heavy atom. The number of rotatable bonds is 1. The molecule has 3 atom stereocenters. The van der Waals surface area contributed by atoms with Gasteiger partial charge in [-0.1, -0.05) is 18.2 Å². The van der Waals surface area contributed by atoms with E-state index in [0.29, 0.717) is 25.7 Å². The first-order valence-corrected chi connectivity index (χ1v) is 10.5. The van der Waals surface area contributed by atoms with Crippen LogP contribution < -0.4 is 4.90 Å². The fourth-order valence-corrected chi connectivity index (χ4v) is 5.28. The Labute approximate surface area is 172 Å². The van der Waals surface area contributed by atoms with Crippen molar-refractivity contribution in [3.05, 3.63) is 29.3 Å². The maximum atomic E-state index is 11.5. The summed E-state index contributed by atoms with van der Waals surface area (Å²) < 4.78 is 19.0. The predicted molar refractivity (Wildman–Crippen MR) is 109 cm³/mol. The molecule has 5 rings (SSSR count). The number of nitrogens with zero attached hydrogens (tertiary/aromatic N) is 2. The molecule has 1 aromatic carbocycles. The zero-order chi connectivity index (χ0) is 20.6. The molecule has 7 nitrogen and oxygen atoms in total. The summed E-state index contributed by atoms with van der Waals surface area (Å²) >= 11 is 0. The van der Waals surface area contributed by atoms with Crippen LogP contribution in [0.2, 0.25) is 0 Å². The smallest absolute Gasteiger partial charge is 0.465 e. The highest BCUT2D eigenvalue weighted by Gasteiger charge is 2.56. The number of para-hydroxylation sites is 1. The Bertz CT molecular complexity index is 828. The van der Waals surface area contributed by atoms with Gasteiger partial charge >= 0.3 is 13.2 Å². The van der Waals surface area contributed by atoms with Gasteiger partial charge in [-0.05, 0) is 39.7 Å². The molecule has 0 radical (unpaired) electrons. The van der Waals surface area contributed by atoms with E-state index < -0.39 is 24.4 Å². The number of ether oxygens (including phenoxy) is 1. The highest BCUT2D eigenvalue weighted by molar-refractivity contribution is 6.47. The van der Waals surface area contributed by atoms with Crippen LogP contribution in [0.1, 0.15) is 57.2 Å². The summed E-state index contributed by atoms with van der Waals surface area (Å²) in [5, 5.41) is 9.48. The third-order valence-corrected chi connectivity index (χ3v) is 7.49. The Morgan fingerprint density at radius 2 is 1.83 bits per heavy atom. The molecular weight excluding hydrogens is 371 g/mol. The van der Waals surface area contributed by atoms with Gasteiger partial charge in [0.25, 0.3) is 0 Å². The molecule has 0 bridgehead atoms. The number of amides is 1. The van der Waals surface area contributed by atoms with Gasteiger partial charge in [0.15, 0.2) is 0 Å². The monoisotopic (exact) mass is 400 g/mol. The number of fused-ring (bicyclic) bond motifs is 3. The van der Waals surface area contributed by atoms with Crippen LogP contribution in [0.3, 0.4) is 0 Å². The average molecular weight is 400 g/mol. The topological polar surface area (TPSA) is 71.5 Å². The molecule has 1 amide bonds. The lowest BCUT2D eigenvalue weighted by atomic mass is 9.75. The molecule has 4 aliphatic heterocycles. The van der Waals surface area contributed by atoms with Crippen LogP contribution >= 0.6 is 0 Å². The van der Waals surface area contributed by atoms with Crippen LogP contribution in [0.25, 0.3) is 0 Å². The first kappa shape index (κ1) is 19.2. The van der Waals surface area contributed by atoms with E-state index in [1.165, 1.54) is 11.3 Å². The highest BCUT2D eigenvalue weighted by Crippen LogP contribution is 2.51. The van der Waals surface area contributed by atoms with E-state index in [9.17, 15) is 9.90 Å². The molecule has 1 aromatic rings. The second-order valence-electron chi connectivity index (χ2n) is 9.59.